The van der Waals surface area contributed by atoms with Gasteiger partial charge in [0, 0.05) is 18.7 Å². The van der Waals surface area contributed by atoms with Crippen molar-refractivity contribution in [1.29, 1.82) is 0 Å². The van der Waals surface area contributed by atoms with Gasteiger partial charge in [-0.15, -0.1) is 10.2 Å². The van der Waals surface area contributed by atoms with Crippen LogP contribution in [-0.4, -0.2) is 26.4 Å². The third-order valence-corrected chi connectivity index (χ3v) is 5.16. The molecule has 3 rings (SSSR count). The topological polar surface area (TPSA) is 69.0 Å². The minimum absolute atomic E-state index is 0.0516. The normalized spacial score (nSPS) is 10.8. The van der Waals surface area contributed by atoms with Crippen molar-refractivity contribution in [2.24, 2.45) is 0 Å². The minimum Gasteiger partial charge on any atom is -0.486 e. The van der Waals surface area contributed by atoms with Crippen LogP contribution < -0.4 is 10.1 Å². The van der Waals surface area contributed by atoms with Gasteiger partial charge in [-0.3, -0.25) is 4.79 Å². The number of carbonyl (C=O) groups is 1. The van der Waals surface area contributed by atoms with Crippen molar-refractivity contribution in [3.05, 3.63) is 64.7 Å². The summed E-state index contributed by atoms with van der Waals surface area (Å²) in [5.41, 5.74) is -0.106. The fraction of sp³-hybridized carbons (Fsp3) is 0.211. The van der Waals surface area contributed by atoms with Gasteiger partial charge in [-0.25, -0.2) is 13.2 Å². The zero-order valence-electron chi connectivity index (χ0n) is 15.7. The lowest BCUT2D eigenvalue weighted by Crippen LogP contribution is -2.16. The van der Waals surface area contributed by atoms with Crippen LogP contribution in [0.5, 0.6) is 5.75 Å². The van der Waals surface area contributed by atoms with Gasteiger partial charge in [0.2, 0.25) is 5.91 Å². The molecule has 0 saturated carbocycles. The van der Waals surface area contributed by atoms with Crippen LogP contribution >= 0.6 is 23.4 Å². The Labute approximate surface area is 179 Å². The fourth-order valence-electron chi connectivity index (χ4n) is 2.47. The molecule has 30 heavy (non-hydrogen) atoms. The molecule has 0 aliphatic rings. The van der Waals surface area contributed by atoms with Crippen LogP contribution in [0.4, 0.5) is 18.9 Å². The van der Waals surface area contributed by atoms with E-state index >= 15 is 0 Å². The quantitative estimate of drug-likeness (QED) is 0.498. The summed E-state index contributed by atoms with van der Waals surface area (Å²) in [7, 11) is 0. The molecule has 1 aromatic heterocycles. The molecule has 6 nitrogen and oxygen atoms in total. The lowest BCUT2D eigenvalue weighted by molar-refractivity contribution is -0.113. The van der Waals surface area contributed by atoms with Gasteiger partial charge < -0.3 is 14.6 Å². The van der Waals surface area contributed by atoms with E-state index in [0.717, 1.165) is 23.9 Å². The second kappa shape index (κ2) is 9.86. The van der Waals surface area contributed by atoms with E-state index in [-0.39, 0.29) is 23.1 Å². The third-order valence-electron chi connectivity index (χ3n) is 3.91. The number of hydrogen-bond donors (Lipinski definition) is 1. The highest BCUT2D eigenvalue weighted by Crippen LogP contribution is 2.23. The van der Waals surface area contributed by atoms with E-state index < -0.39 is 23.4 Å². The van der Waals surface area contributed by atoms with E-state index in [1.54, 1.807) is 4.57 Å². The Bertz CT molecular complexity index is 1060. The van der Waals surface area contributed by atoms with Crippen LogP contribution in [0.2, 0.25) is 5.02 Å². The van der Waals surface area contributed by atoms with Crippen LogP contribution in [0, 0.1) is 17.5 Å². The van der Waals surface area contributed by atoms with Crippen molar-refractivity contribution in [1.82, 2.24) is 14.8 Å². The van der Waals surface area contributed by atoms with Crippen LogP contribution in [0.25, 0.3) is 0 Å². The molecule has 0 aliphatic carbocycles. The standard InChI is InChI=1S/C19H16ClF3N4O2S/c1-2-27-17(9-29-12-4-5-14(22)13(20)8-12)25-26-19(27)30-10-18(28)24-16-6-3-11(21)7-15(16)23/h3-8H,2,9-10H2,1H3,(H,24,28). The van der Waals surface area contributed by atoms with Crippen LogP contribution in [0.3, 0.4) is 0 Å². The fourth-order valence-corrected chi connectivity index (χ4v) is 3.46. The van der Waals surface area contributed by atoms with Gasteiger partial charge in [-0.05, 0) is 31.2 Å². The molecule has 1 amide bonds. The van der Waals surface area contributed by atoms with Gasteiger partial charge in [0.05, 0.1) is 16.5 Å². The van der Waals surface area contributed by atoms with Crippen LogP contribution in [0.15, 0.2) is 41.6 Å². The molecule has 0 bridgehead atoms. The molecule has 11 heteroatoms. The predicted octanol–water partition coefficient (Wildman–Crippen LogP) is 4.68. The zero-order valence-corrected chi connectivity index (χ0v) is 17.2. The summed E-state index contributed by atoms with van der Waals surface area (Å²) in [6.07, 6.45) is 0. The lowest BCUT2D eigenvalue weighted by Gasteiger charge is -2.09. The number of amides is 1. The lowest BCUT2D eigenvalue weighted by atomic mass is 10.3. The zero-order chi connectivity index (χ0) is 21.7. The van der Waals surface area contributed by atoms with Crippen LogP contribution in [-0.2, 0) is 17.9 Å². The summed E-state index contributed by atoms with van der Waals surface area (Å²) in [4.78, 5) is 12.1. The maximum Gasteiger partial charge on any atom is 0.234 e. The highest BCUT2D eigenvalue weighted by molar-refractivity contribution is 7.99. The Morgan fingerprint density at radius 3 is 2.67 bits per heavy atom. The Morgan fingerprint density at radius 1 is 1.17 bits per heavy atom. The first kappa shape index (κ1) is 22.0. The molecule has 0 aliphatic heterocycles. The summed E-state index contributed by atoms with van der Waals surface area (Å²) < 4.78 is 47.1. The summed E-state index contributed by atoms with van der Waals surface area (Å²) in [5, 5.41) is 10.9. The number of nitrogens with one attached hydrogen (secondary N) is 1. The molecule has 0 atom stereocenters. The molecule has 0 unspecified atom stereocenters. The van der Waals surface area contributed by atoms with Crippen molar-refractivity contribution in [3.63, 3.8) is 0 Å². The first-order chi connectivity index (χ1) is 14.4. The molecule has 0 radical (unpaired) electrons. The van der Waals surface area contributed by atoms with Crippen LogP contribution in [0.1, 0.15) is 12.7 Å². The Morgan fingerprint density at radius 2 is 1.97 bits per heavy atom. The number of halogens is 4. The summed E-state index contributed by atoms with van der Waals surface area (Å²) in [5.74, 6) is -1.77. The van der Waals surface area contributed by atoms with Crippen molar-refractivity contribution in [2.75, 3.05) is 11.1 Å². The molecule has 1 N–H and O–H groups in total. The second-order valence-corrected chi connectivity index (χ2v) is 7.32. The summed E-state index contributed by atoms with van der Waals surface area (Å²) in [6, 6.07) is 6.91. The first-order valence-electron chi connectivity index (χ1n) is 8.75. The molecular weight excluding hydrogens is 441 g/mol. The molecule has 2 aromatic carbocycles. The molecule has 1 heterocycles. The van der Waals surface area contributed by atoms with Gasteiger partial charge in [0.25, 0.3) is 0 Å². The molecule has 0 fully saturated rings. The molecule has 3 aromatic rings. The summed E-state index contributed by atoms with van der Waals surface area (Å²) in [6.45, 7) is 2.46. The van der Waals surface area contributed by atoms with Gasteiger partial charge in [-0.1, -0.05) is 23.4 Å². The van der Waals surface area contributed by atoms with E-state index in [2.05, 4.69) is 15.5 Å². The van der Waals surface area contributed by atoms with Crippen molar-refractivity contribution in [3.8, 4) is 5.75 Å². The molecule has 0 saturated heterocycles. The smallest absolute Gasteiger partial charge is 0.234 e. The molecule has 158 valence electrons. The number of ether oxygens (including phenoxy) is 1. The number of carbonyl (C=O) groups excluding carboxylic acids is 1. The minimum atomic E-state index is -0.856. The number of benzene rings is 2. The van der Waals surface area contributed by atoms with E-state index in [1.807, 2.05) is 6.92 Å². The molecule has 0 spiro atoms. The summed E-state index contributed by atoms with van der Waals surface area (Å²) >= 11 is 6.84. The number of aromatic nitrogens is 3. The highest BCUT2D eigenvalue weighted by Gasteiger charge is 2.15. The van der Waals surface area contributed by atoms with Gasteiger partial charge in [0.15, 0.2) is 11.0 Å². The predicted molar refractivity (Wildman–Crippen MR) is 107 cm³/mol. The Hall–Kier alpha value is -2.72. The second-order valence-electron chi connectivity index (χ2n) is 5.97. The van der Waals surface area contributed by atoms with Crippen molar-refractivity contribution < 1.29 is 22.7 Å². The average molecular weight is 457 g/mol. The van der Waals surface area contributed by atoms with Gasteiger partial charge >= 0.3 is 0 Å². The van der Waals surface area contributed by atoms with Crippen molar-refractivity contribution >= 4 is 35.0 Å². The van der Waals surface area contributed by atoms with Gasteiger partial charge in [0.1, 0.15) is 29.8 Å². The average Bonchev–Trinajstić information content (AvgIpc) is 3.11. The largest absolute Gasteiger partial charge is 0.486 e. The van der Waals surface area contributed by atoms with E-state index in [4.69, 9.17) is 16.3 Å². The monoisotopic (exact) mass is 456 g/mol. The number of thioether (sulfide) groups is 1. The van der Waals surface area contributed by atoms with E-state index in [1.165, 1.54) is 18.2 Å². The number of nitrogens with zero attached hydrogens (tertiary/aromatic N) is 3. The maximum atomic E-state index is 13.6. The maximum absolute atomic E-state index is 13.6. The number of anilines is 1. The van der Waals surface area contributed by atoms with Crippen molar-refractivity contribution in [2.45, 2.75) is 25.2 Å². The third kappa shape index (κ3) is 5.45. The van der Waals surface area contributed by atoms with E-state index in [9.17, 15) is 18.0 Å². The number of rotatable bonds is 8. The molecular formula is C19H16ClF3N4O2S. The SMILES string of the molecule is CCn1c(COc2ccc(F)c(Cl)c2)nnc1SCC(=O)Nc1ccc(F)cc1F. The number of hydrogen-bond acceptors (Lipinski definition) is 5. The Balaban J connectivity index is 1.59. The highest BCUT2D eigenvalue weighted by atomic mass is 35.5. The van der Waals surface area contributed by atoms with Gasteiger partial charge in [-0.2, -0.15) is 0 Å². The first-order valence-corrected chi connectivity index (χ1v) is 10.1. The Kier molecular flexibility index (Phi) is 7.22. The van der Waals surface area contributed by atoms with E-state index in [0.29, 0.717) is 29.3 Å².